The number of aromatic nitrogens is 2. The molecule has 0 spiro atoms. The molecule has 0 aliphatic rings. The molecule has 4 nitrogen and oxygen atoms in total. The topological polar surface area (TPSA) is 46.9 Å². The maximum atomic E-state index is 13.2. The van der Waals surface area contributed by atoms with Crippen LogP contribution in [0.4, 0.5) is 4.39 Å². The fraction of sp³-hybridized carbons (Fsp3) is 0.273. The number of carbonyl (C=O) groups is 1. The highest BCUT2D eigenvalue weighted by Gasteiger charge is 2.11. The number of hydrogen-bond acceptors (Lipinski definition) is 2. The molecule has 1 heterocycles. The Kier molecular flexibility index (Phi) is 6.36. The van der Waals surface area contributed by atoms with Crippen LogP contribution in [0.5, 0.6) is 0 Å². The Bertz CT molecular complexity index is 915. The molecule has 0 aliphatic carbocycles. The molecule has 3 aromatic rings. The second kappa shape index (κ2) is 9.12. The first-order valence-electron chi connectivity index (χ1n) is 9.26. The van der Waals surface area contributed by atoms with E-state index in [1.807, 2.05) is 30.3 Å². The summed E-state index contributed by atoms with van der Waals surface area (Å²) in [4.78, 5) is 15.9. The van der Waals surface area contributed by atoms with Crippen LogP contribution in [-0.4, -0.2) is 22.0 Å². The number of amides is 1. The Balaban J connectivity index is 1.66. The summed E-state index contributed by atoms with van der Waals surface area (Å²) >= 11 is 0. The zero-order valence-corrected chi connectivity index (χ0v) is 15.3. The van der Waals surface area contributed by atoms with Crippen LogP contribution in [0.25, 0.3) is 11.0 Å². The van der Waals surface area contributed by atoms with E-state index in [2.05, 4.69) is 22.5 Å². The number of para-hydroxylation sites is 2. The fourth-order valence-corrected chi connectivity index (χ4v) is 3.13. The standard InChI is InChI=1S/C22H24FN3O/c1-2-22(27)24-15-7-3-4-10-21-25-19-8-5-6-9-20(19)26(21)16-17-11-13-18(23)14-12-17/h2,5-6,8-9,11-14H,1,3-4,7,10,15-16H2,(H,24,27). The minimum atomic E-state index is -0.224. The molecule has 0 atom stereocenters. The number of rotatable bonds is 9. The summed E-state index contributed by atoms with van der Waals surface area (Å²) in [6, 6.07) is 14.7. The number of halogens is 1. The smallest absolute Gasteiger partial charge is 0.243 e. The van der Waals surface area contributed by atoms with Crippen molar-refractivity contribution in [3.05, 3.63) is 78.4 Å². The van der Waals surface area contributed by atoms with Crippen molar-refractivity contribution < 1.29 is 9.18 Å². The van der Waals surface area contributed by atoms with E-state index in [9.17, 15) is 9.18 Å². The molecule has 0 bridgehead atoms. The number of unbranched alkanes of at least 4 members (excludes halogenated alkanes) is 2. The molecule has 1 aromatic heterocycles. The fourth-order valence-electron chi connectivity index (χ4n) is 3.13. The molecule has 140 valence electrons. The maximum absolute atomic E-state index is 13.2. The molecule has 0 unspecified atom stereocenters. The molecule has 1 N–H and O–H groups in total. The highest BCUT2D eigenvalue weighted by atomic mass is 19.1. The summed E-state index contributed by atoms with van der Waals surface area (Å²) < 4.78 is 15.4. The van der Waals surface area contributed by atoms with Crippen LogP contribution in [0.15, 0.2) is 61.2 Å². The summed E-state index contributed by atoms with van der Waals surface area (Å²) in [7, 11) is 0. The van der Waals surface area contributed by atoms with Crippen LogP contribution in [0.1, 0.15) is 30.7 Å². The molecular weight excluding hydrogens is 341 g/mol. The third kappa shape index (κ3) is 5.03. The third-order valence-electron chi connectivity index (χ3n) is 4.55. The van der Waals surface area contributed by atoms with Crippen LogP contribution in [0, 0.1) is 5.82 Å². The third-order valence-corrected chi connectivity index (χ3v) is 4.55. The van der Waals surface area contributed by atoms with E-state index in [-0.39, 0.29) is 11.7 Å². The predicted octanol–water partition coefficient (Wildman–Crippen LogP) is 4.24. The normalized spacial score (nSPS) is 10.9. The molecule has 0 radical (unpaired) electrons. The quantitative estimate of drug-likeness (QED) is 0.455. The van der Waals surface area contributed by atoms with Gasteiger partial charge in [-0.05, 0) is 48.7 Å². The maximum Gasteiger partial charge on any atom is 0.243 e. The number of imidazole rings is 1. The van der Waals surface area contributed by atoms with Crippen molar-refractivity contribution in [2.24, 2.45) is 0 Å². The Morgan fingerprint density at radius 3 is 2.67 bits per heavy atom. The van der Waals surface area contributed by atoms with Gasteiger partial charge < -0.3 is 9.88 Å². The van der Waals surface area contributed by atoms with E-state index in [0.29, 0.717) is 13.1 Å². The monoisotopic (exact) mass is 365 g/mol. The average Bonchev–Trinajstić information content (AvgIpc) is 3.03. The van der Waals surface area contributed by atoms with E-state index in [0.717, 1.165) is 48.1 Å². The van der Waals surface area contributed by atoms with E-state index >= 15 is 0 Å². The summed E-state index contributed by atoms with van der Waals surface area (Å²) in [5.74, 6) is 0.685. The zero-order chi connectivity index (χ0) is 19.1. The first kappa shape index (κ1) is 18.8. The lowest BCUT2D eigenvalue weighted by Crippen LogP contribution is -2.21. The van der Waals surface area contributed by atoms with Gasteiger partial charge in [-0.2, -0.15) is 0 Å². The van der Waals surface area contributed by atoms with E-state index in [1.165, 1.54) is 18.2 Å². The molecule has 0 saturated heterocycles. The number of fused-ring (bicyclic) bond motifs is 1. The first-order chi connectivity index (χ1) is 13.2. The number of carbonyl (C=O) groups excluding carboxylic acids is 1. The lowest BCUT2D eigenvalue weighted by molar-refractivity contribution is -0.116. The van der Waals surface area contributed by atoms with Crippen molar-refractivity contribution in [1.82, 2.24) is 14.9 Å². The summed E-state index contributed by atoms with van der Waals surface area (Å²) in [5, 5.41) is 2.79. The van der Waals surface area contributed by atoms with Gasteiger partial charge in [-0.25, -0.2) is 9.37 Å². The van der Waals surface area contributed by atoms with Crippen LogP contribution in [0.2, 0.25) is 0 Å². The molecular formula is C22H24FN3O. The summed E-state index contributed by atoms with van der Waals surface area (Å²) in [5.41, 5.74) is 3.12. The molecule has 0 fully saturated rings. The number of benzene rings is 2. The van der Waals surface area contributed by atoms with Crippen LogP contribution < -0.4 is 5.32 Å². The highest BCUT2D eigenvalue weighted by molar-refractivity contribution is 5.86. The van der Waals surface area contributed by atoms with Crippen LogP contribution in [0.3, 0.4) is 0 Å². The average molecular weight is 365 g/mol. The van der Waals surface area contributed by atoms with Gasteiger partial charge in [0, 0.05) is 19.5 Å². The van der Waals surface area contributed by atoms with E-state index < -0.39 is 0 Å². The van der Waals surface area contributed by atoms with Gasteiger partial charge >= 0.3 is 0 Å². The minimum Gasteiger partial charge on any atom is -0.353 e. The van der Waals surface area contributed by atoms with Gasteiger partial charge in [0.15, 0.2) is 0 Å². The SMILES string of the molecule is C=CC(=O)NCCCCCc1nc2ccccc2n1Cc1ccc(F)cc1. The van der Waals surface area contributed by atoms with Crippen LogP contribution >= 0.6 is 0 Å². The molecule has 0 aliphatic heterocycles. The summed E-state index contributed by atoms with van der Waals surface area (Å²) in [6.45, 7) is 4.78. The second-order valence-corrected chi connectivity index (χ2v) is 6.54. The van der Waals surface area contributed by atoms with Crippen LogP contribution in [-0.2, 0) is 17.8 Å². The predicted molar refractivity (Wildman–Crippen MR) is 106 cm³/mol. The zero-order valence-electron chi connectivity index (χ0n) is 15.3. The molecule has 3 rings (SSSR count). The van der Waals surface area contributed by atoms with Gasteiger partial charge in [-0.15, -0.1) is 0 Å². The first-order valence-corrected chi connectivity index (χ1v) is 9.26. The molecule has 2 aromatic carbocycles. The number of nitrogens with zero attached hydrogens (tertiary/aromatic N) is 2. The van der Waals surface area contributed by atoms with Crippen molar-refractivity contribution in [1.29, 1.82) is 0 Å². The van der Waals surface area contributed by atoms with Crippen molar-refractivity contribution in [3.8, 4) is 0 Å². The van der Waals surface area contributed by atoms with Crippen molar-refractivity contribution in [3.63, 3.8) is 0 Å². The van der Waals surface area contributed by atoms with Gasteiger partial charge in [-0.1, -0.05) is 37.3 Å². The lowest BCUT2D eigenvalue weighted by atomic mass is 10.1. The Morgan fingerprint density at radius 2 is 1.89 bits per heavy atom. The Hall–Kier alpha value is -2.95. The van der Waals surface area contributed by atoms with Crippen molar-refractivity contribution >= 4 is 16.9 Å². The molecule has 1 amide bonds. The molecule has 27 heavy (non-hydrogen) atoms. The second-order valence-electron chi connectivity index (χ2n) is 6.54. The molecule has 0 saturated carbocycles. The van der Waals surface area contributed by atoms with Gasteiger partial charge in [0.25, 0.3) is 0 Å². The summed E-state index contributed by atoms with van der Waals surface area (Å²) in [6.07, 6.45) is 5.09. The number of nitrogens with one attached hydrogen (secondary N) is 1. The van der Waals surface area contributed by atoms with Gasteiger partial charge in [-0.3, -0.25) is 4.79 Å². The van der Waals surface area contributed by atoms with Gasteiger partial charge in [0.05, 0.1) is 11.0 Å². The van der Waals surface area contributed by atoms with Gasteiger partial charge in [0.1, 0.15) is 11.6 Å². The number of hydrogen-bond donors (Lipinski definition) is 1. The highest BCUT2D eigenvalue weighted by Crippen LogP contribution is 2.19. The minimum absolute atomic E-state index is 0.129. The lowest BCUT2D eigenvalue weighted by Gasteiger charge is -2.10. The molecule has 5 heteroatoms. The van der Waals surface area contributed by atoms with E-state index in [4.69, 9.17) is 4.98 Å². The largest absolute Gasteiger partial charge is 0.353 e. The Labute approximate surface area is 158 Å². The number of aryl methyl sites for hydroxylation is 1. The Morgan fingerprint density at radius 1 is 1.11 bits per heavy atom. The van der Waals surface area contributed by atoms with E-state index in [1.54, 1.807) is 0 Å². The van der Waals surface area contributed by atoms with Crippen molar-refractivity contribution in [2.45, 2.75) is 32.2 Å². The van der Waals surface area contributed by atoms with Gasteiger partial charge in [0.2, 0.25) is 5.91 Å². The van der Waals surface area contributed by atoms with Crippen molar-refractivity contribution in [2.75, 3.05) is 6.54 Å².